The van der Waals surface area contributed by atoms with E-state index < -0.39 is 29.0 Å². The molecule has 44 heavy (non-hydrogen) atoms. The summed E-state index contributed by atoms with van der Waals surface area (Å²) in [5.74, 6) is -1.12. The number of hydrogen-bond acceptors (Lipinski definition) is 8. The number of pyridine rings is 1. The zero-order valence-electron chi connectivity index (χ0n) is 24.5. The lowest BCUT2D eigenvalue weighted by atomic mass is 10.1. The first kappa shape index (κ1) is 30.7. The van der Waals surface area contributed by atoms with Gasteiger partial charge in [-0.25, -0.2) is 19.3 Å². The summed E-state index contributed by atoms with van der Waals surface area (Å²) in [5.41, 5.74) is 0.374. The molecular formula is C31H31F4N7O2. The smallest absolute Gasteiger partial charge is 0.416 e. The number of carbonyl (C=O) groups excluding carboxylic acids is 1. The molecule has 1 saturated heterocycles. The molecule has 9 nitrogen and oxygen atoms in total. The summed E-state index contributed by atoms with van der Waals surface area (Å²) in [6, 6.07) is 10.6. The maximum atomic E-state index is 15.2. The third-order valence-corrected chi connectivity index (χ3v) is 7.51. The number of ether oxygens (including phenoxy) is 1. The summed E-state index contributed by atoms with van der Waals surface area (Å²) < 4.78 is 62.2. The highest BCUT2D eigenvalue weighted by Gasteiger charge is 2.33. The van der Waals surface area contributed by atoms with Crippen LogP contribution in [-0.2, 0) is 6.18 Å². The van der Waals surface area contributed by atoms with Gasteiger partial charge in [-0.1, -0.05) is 0 Å². The number of hydrogen-bond donors (Lipinski definition) is 2. The zero-order valence-corrected chi connectivity index (χ0v) is 24.5. The zero-order chi connectivity index (χ0) is 31.6. The van der Waals surface area contributed by atoms with Gasteiger partial charge in [0.15, 0.2) is 0 Å². The summed E-state index contributed by atoms with van der Waals surface area (Å²) in [4.78, 5) is 30.3. The van der Waals surface area contributed by atoms with E-state index in [2.05, 4.69) is 30.5 Å². The second-order valence-electron chi connectivity index (χ2n) is 10.6. The van der Waals surface area contributed by atoms with Crippen molar-refractivity contribution in [2.24, 2.45) is 0 Å². The number of aryl methyl sites for hydroxylation is 1. The third-order valence-electron chi connectivity index (χ3n) is 7.51. The monoisotopic (exact) mass is 609 g/mol. The van der Waals surface area contributed by atoms with Crippen LogP contribution < -0.4 is 20.3 Å². The van der Waals surface area contributed by atoms with Crippen molar-refractivity contribution < 1.29 is 27.1 Å². The minimum absolute atomic E-state index is 0.0233. The van der Waals surface area contributed by atoms with E-state index in [1.54, 1.807) is 45.4 Å². The standard InChI is InChI=1S/C31H31F4N7O2/c1-18-14-23(32)22(16-27(18)44-29-21(6-5-11-37-29)24-9-12-38-30(36-2)40-24)28(43)39-25-15-19(31(33,34)35)7-8-26(25)42(4)20-10-13-41(3)17-20/h5-9,11-12,14-16,20H,10,13,17H2,1-4H3,(H,39,43)(H,36,38,40)/t20-/m1/s1. The van der Waals surface area contributed by atoms with Crippen molar-refractivity contribution in [3.05, 3.63) is 83.4 Å². The van der Waals surface area contributed by atoms with Crippen molar-refractivity contribution in [2.45, 2.75) is 25.6 Å². The average Bonchev–Trinajstić information content (AvgIpc) is 3.44. The fraction of sp³-hybridized carbons (Fsp3) is 0.290. The van der Waals surface area contributed by atoms with Crippen LogP contribution in [-0.4, -0.2) is 66.0 Å². The van der Waals surface area contributed by atoms with E-state index >= 15 is 4.39 Å². The topological polar surface area (TPSA) is 95.5 Å². The van der Waals surface area contributed by atoms with E-state index in [9.17, 15) is 18.0 Å². The molecule has 0 saturated carbocycles. The molecule has 1 aliphatic heterocycles. The van der Waals surface area contributed by atoms with Gasteiger partial charge in [0, 0.05) is 39.1 Å². The Kier molecular flexibility index (Phi) is 8.68. The Morgan fingerprint density at radius 2 is 1.91 bits per heavy atom. The van der Waals surface area contributed by atoms with Crippen LogP contribution in [0.4, 0.5) is 34.9 Å². The molecule has 1 amide bonds. The molecular weight excluding hydrogens is 578 g/mol. The van der Waals surface area contributed by atoms with Crippen LogP contribution in [0.25, 0.3) is 11.3 Å². The summed E-state index contributed by atoms with van der Waals surface area (Å²) >= 11 is 0. The van der Waals surface area contributed by atoms with Crippen molar-refractivity contribution >= 4 is 23.2 Å². The Morgan fingerprint density at radius 1 is 1.11 bits per heavy atom. The van der Waals surface area contributed by atoms with Crippen LogP contribution in [0.15, 0.2) is 60.9 Å². The largest absolute Gasteiger partial charge is 0.438 e. The lowest BCUT2D eigenvalue weighted by molar-refractivity contribution is -0.137. The lowest BCUT2D eigenvalue weighted by Crippen LogP contribution is -2.34. The first-order valence-corrected chi connectivity index (χ1v) is 13.8. The number of nitrogens with zero attached hydrogens (tertiary/aromatic N) is 5. The predicted octanol–water partition coefficient (Wildman–Crippen LogP) is 6.23. The van der Waals surface area contributed by atoms with E-state index in [-0.39, 0.29) is 23.4 Å². The van der Waals surface area contributed by atoms with E-state index in [1.807, 2.05) is 11.9 Å². The second kappa shape index (κ2) is 12.4. The van der Waals surface area contributed by atoms with Crippen LogP contribution in [0.1, 0.15) is 27.9 Å². The number of likely N-dealkylation sites (tertiary alicyclic amines) is 1. The Labute approximate surface area is 251 Å². The number of likely N-dealkylation sites (N-methyl/N-ethyl adjacent to an activating group) is 2. The maximum absolute atomic E-state index is 15.2. The molecule has 5 rings (SSSR count). The highest BCUT2D eigenvalue weighted by atomic mass is 19.4. The molecule has 1 atom stereocenters. The van der Waals surface area contributed by atoms with Gasteiger partial charge >= 0.3 is 6.18 Å². The Bertz CT molecular complexity index is 1680. The van der Waals surface area contributed by atoms with E-state index in [0.717, 1.165) is 31.2 Å². The molecule has 3 heterocycles. The summed E-state index contributed by atoms with van der Waals surface area (Å²) in [7, 11) is 5.41. The van der Waals surface area contributed by atoms with Gasteiger partial charge < -0.3 is 25.2 Å². The number of alkyl halides is 3. The molecule has 0 unspecified atom stereocenters. The van der Waals surface area contributed by atoms with Crippen LogP contribution in [0.2, 0.25) is 0 Å². The molecule has 4 aromatic rings. The fourth-order valence-corrected chi connectivity index (χ4v) is 5.07. The minimum Gasteiger partial charge on any atom is -0.438 e. The van der Waals surface area contributed by atoms with E-state index in [1.165, 1.54) is 18.3 Å². The molecule has 2 aromatic heterocycles. The number of nitrogens with one attached hydrogen (secondary N) is 2. The molecule has 0 radical (unpaired) electrons. The Hall–Kier alpha value is -4.78. The van der Waals surface area contributed by atoms with Gasteiger partial charge in [-0.15, -0.1) is 0 Å². The highest BCUT2D eigenvalue weighted by Crippen LogP contribution is 2.38. The molecule has 0 aliphatic carbocycles. The number of anilines is 3. The molecule has 1 aliphatic rings. The lowest BCUT2D eigenvalue weighted by Gasteiger charge is -2.29. The van der Waals surface area contributed by atoms with Gasteiger partial charge in [0.1, 0.15) is 11.6 Å². The first-order chi connectivity index (χ1) is 20.9. The summed E-state index contributed by atoms with van der Waals surface area (Å²) in [6.45, 7) is 3.14. The summed E-state index contributed by atoms with van der Waals surface area (Å²) in [6.07, 6.45) is -0.756. The van der Waals surface area contributed by atoms with E-state index in [0.29, 0.717) is 35.0 Å². The highest BCUT2D eigenvalue weighted by molar-refractivity contribution is 6.06. The Balaban J connectivity index is 1.47. The molecule has 1 fully saturated rings. The average molecular weight is 610 g/mol. The first-order valence-electron chi connectivity index (χ1n) is 13.8. The summed E-state index contributed by atoms with van der Waals surface area (Å²) in [5, 5.41) is 5.39. The number of amides is 1. The van der Waals surface area contributed by atoms with Crippen LogP contribution in [0.3, 0.4) is 0 Å². The van der Waals surface area contributed by atoms with Gasteiger partial charge in [-0.2, -0.15) is 13.2 Å². The SMILES string of the molecule is CNc1nccc(-c2cccnc2Oc2cc(C(=O)Nc3cc(C(F)(F)F)ccc3N(C)[C@@H]3CCN(C)C3)c(F)cc2C)n1. The third kappa shape index (κ3) is 6.57. The van der Waals surface area contributed by atoms with Crippen molar-refractivity contribution in [3.8, 4) is 22.9 Å². The van der Waals surface area contributed by atoms with Gasteiger partial charge in [-0.3, -0.25) is 4.79 Å². The van der Waals surface area contributed by atoms with Crippen LogP contribution in [0.5, 0.6) is 11.6 Å². The maximum Gasteiger partial charge on any atom is 0.416 e. The number of rotatable bonds is 8. The second-order valence-corrected chi connectivity index (χ2v) is 10.6. The van der Waals surface area contributed by atoms with Crippen molar-refractivity contribution in [1.29, 1.82) is 0 Å². The van der Waals surface area contributed by atoms with Crippen molar-refractivity contribution in [3.63, 3.8) is 0 Å². The number of benzene rings is 2. The number of halogens is 4. The predicted molar refractivity (Wildman–Crippen MR) is 160 cm³/mol. The van der Waals surface area contributed by atoms with Crippen molar-refractivity contribution in [1.82, 2.24) is 19.9 Å². The molecule has 0 spiro atoms. The molecule has 2 aromatic carbocycles. The van der Waals surface area contributed by atoms with Gasteiger partial charge in [-0.05, 0) is 81.0 Å². The quantitative estimate of drug-likeness (QED) is 0.227. The molecule has 2 N–H and O–H groups in total. The number of aromatic nitrogens is 3. The van der Waals surface area contributed by atoms with Crippen molar-refractivity contribution in [2.75, 3.05) is 49.8 Å². The van der Waals surface area contributed by atoms with Gasteiger partial charge in [0.25, 0.3) is 5.91 Å². The normalized spacial score (nSPS) is 15.2. The minimum atomic E-state index is -4.64. The van der Waals surface area contributed by atoms with Crippen LogP contribution >= 0.6 is 0 Å². The number of carbonyl (C=O) groups is 1. The fourth-order valence-electron chi connectivity index (χ4n) is 5.07. The Morgan fingerprint density at radius 3 is 2.61 bits per heavy atom. The molecule has 0 bridgehead atoms. The molecule has 230 valence electrons. The van der Waals surface area contributed by atoms with E-state index in [4.69, 9.17) is 4.74 Å². The van der Waals surface area contributed by atoms with Gasteiger partial charge in [0.05, 0.1) is 33.8 Å². The molecule has 13 heteroatoms. The van der Waals surface area contributed by atoms with Gasteiger partial charge in [0.2, 0.25) is 11.8 Å². The van der Waals surface area contributed by atoms with Crippen LogP contribution in [0, 0.1) is 12.7 Å².